The SMILES string of the molecule is C/C(=N\NC(=O)C(=O)Nc1cccc(Cl)c1Cl)c1cccs1. The molecule has 114 valence electrons. The standard InChI is InChI=1S/C14H11Cl2N3O2S/c1-8(11-6-3-7-22-11)18-19-14(21)13(20)17-10-5-2-4-9(15)12(10)16/h2-7H,1H3,(H,17,20)(H,19,21)/b18-8+. The summed E-state index contributed by atoms with van der Waals surface area (Å²) in [5.41, 5.74) is 3.06. The molecule has 0 bridgehead atoms. The van der Waals surface area contributed by atoms with Gasteiger partial charge in [0.25, 0.3) is 0 Å². The van der Waals surface area contributed by atoms with Crippen molar-refractivity contribution in [2.24, 2.45) is 5.10 Å². The van der Waals surface area contributed by atoms with Crippen LogP contribution >= 0.6 is 34.5 Å². The molecule has 0 spiro atoms. The first kappa shape index (κ1) is 16.5. The second-order valence-electron chi connectivity index (χ2n) is 4.17. The predicted molar refractivity (Wildman–Crippen MR) is 89.8 cm³/mol. The van der Waals surface area contributed by atoms with Crippen LogP contribution in [0.15, 0.2) is 40.8 Å². The molecule has 2 rings (SSSR count). The molecule has 1 aromatic carbocycles. The van der Waals surface area contributed by atoms with Crippen LogP contribution in [0.4, 0.5) is 5.69 Å². The van der Waals surface area contributed by atoms with E-state index < -0.39 is 11.8 Å². The molecule has 8 heteroatoms. The predicted octanol–water partition coefficient (Wildman–Crippen LogP) is 3.53. The van der Waals surface area contributed by atoms with Crippen molar-refractivity contribution in [3.05, 3.63) is 50.6 Å². The third kappa shape index (κ3) is 4.07. The van der Waals surface area contributed by atoms with Gasteiger partial charge in [-0.1, -0.05) is 35.3 Å². The number of rotatable bonds is 3. The quantitative estimate of drug-likeness (QED) is 0.502. The number of benzene rings is 1. The van der Waals surface area contributed by atoms with Crippen molar-refractivity contribution in [3.8, 4) is 0 Å². The number of carbonyl (C=O) groups is 2. The van der Waals surface area contributed by atoms with Crippen molar-refractivity contribution >= 4 is 57.8 Å². The van der Waals surface area contributed by atoms with E-state index in [0.717, 1.165) is 4.88 Å². The smallest absolute Gasteiger partial charge is 0.316 e. The highest BCUT2D eigenvalue weighted by Gasteiger charge is 2.15. The van der Waals surface area contributed by atoms with Crippen molar-refractivity contribution in [2.45, 2.75) is 6.92 Å². The average Bonchev–Trinajstić information content (AvgIpc) is 3.03. The first-order valence-electron chi connectivity index (χ1n) is 6.12. The summed E-state index contributed by atoms with van der Waals surface area (Å²) in [4.78, 5) is 24.4. The number of halogens is 2. The van der Waals surface area contributed by atoms with Gasteiger partial charge in [-0.05, 0) is 30.5 Å². The highest BCUT2D eigenvalue weighted by atomic mass is 35.5. The van der Waals surface area contributed by atoms with Crippen LogP contribution in [0, 0.1) is 0 Å². The van der Waals surface area contributed by atoms with Gasteiger partial charge in [0.2, 0.25) is 0 Å². The molecule has 0 saturated heterocycles. The lowest BCUT2D eigenvalue weighted by atomic mass is 10.3. The molecular formula is C14H11Cl2N3O2S. The highest BCUT2D eigenvalue weighted by Crippen LogP contribution is 2.29. The number of hydrazone groups is 1. The maximum Gasteiger partial charge on any atom is 0.329 e. The zero-order valence-electron chi connectivity index (χ0n) is 11.4. The van der Waals surface area contributed by atoms with Crippen LogP contribution in [-0.2, 0) is 9.59 Å². The first-order chi connectivity index (χ1) is 10.5. The lowest BCUT2D eigenvalue weighted by molar-refractivity contribution is -0.136. The molecule has 2 amide bonds. The third-order valence-corrected chi connectivity index (χ3v) is 4.41. The van der Waals surface area contributed by atoms with Crippen LogP contribution in [0.3, 0.4) is 0 Å². The van der Waals surface area contributed by atoms with Crippen molar-refractivity contribution in [2.75, 3.05) is 5.32 Å². The highest BCUT2D eigenvalue weighted by molar-refractivity contribution is 7.12. The second-order valence-corrected chi connectivity index (χ2v) is 5.90. The summed E-state index contributed by atoms with van der Waals surface area (Å²) >= 11 is 13.2. The summed E-state index contributed by atoms with van der Waals surface area (Å²) in [6.07, 6.45) is 0. The number of hydrogen-bond acceptors (Lipinski definition) is 4. The van der Waals surface area contributed by atoms with Gasteiger partial charge in [0, 0.05) is 4.88 Å². The van der Waals surface area contributed by atoms with E-state index in [1.807, 2.05) is 17.5 Å². The average molecular weight is 356 g/mol. The monoisotopic (exact) mass is 355 g/mol. The Kier molecular flexibility index (Phi) is 5.54. The van der Waals surface area contributed by atoms with Gasteiger partial charge in [-0.25, -0.2) is 5.43 Å². The van der Waals surface area contributed by atoms with Gasteiger partial charge in [-0.3, -0.25) is 9.59 Å². The lowest BCUT2D eigenvalue weighted by Crippen LogP contribution is -2.33. The normalized spacial score (nSPS) is 11.1. The maximum absolute atomic E-state index is 11.8. The molecule has 1 heterocycles. The maximum atomic E-state index is 11.8. The van der Waals surface area contributed by atoms with E-state index in [1.54, 1.807) is 25.1 Å². The fraction of sp³-hybridized carbons (Fsp3) is 0.0714. The van der Waals surface area contributed by atoms with Crippen molar-refractivity contribution in [3.63, 3.8) is 0 Å². The summed E-state index contributed by atoms with van der Waals surface area (Å²) in [5.74, 6) is -1.78. The van der Waals surface area contributed by atoms with E-state index in [0.29, 0.717) is 5.71 Å². The lowest BCUT2D eigenvalue weighted by Gasteiger charge is -2.07. The number of nitrogens with zero attached hydrogens (tertiary/aromatic N) is 1. The molecule has 0 fully saturated rings. The van der Waals surface area contributed by atoms with Gasteiger partial charge in [0.05, 0.1) is 21.4 Å². The molecule has 22 heavy (non-hydrogen) atoms. The van der Waals surface area contributed by atoms with Gasteiger partial charge < -0.3 is 5.32 Å². The minimum absolute atomic E-state index is 0.170. The molecule has 5 nitrogen and oxygen atoms in total. The Hall–Kier alpha value is -1.89. The summed E-state index contributed by atoms with van der Waals surface area (Å²) in [6.45, 7) is 1.73. The van der Waals surface area contributed by atoms with E-state index in [-0.39, 0.29) is 15.7 Å². The van der Waals surface area contributed by atoms with Crippen molar-refractivity contribution in [1.82, 2.24) is 5.43 Å². The number of thiophene rings is 1. The van der Waals surface area contributed by atoms with Gasteiger partial charge >= 0.3 is 11.8 Å². The minimum atomic E-state index is -0.896. The molecule has 0 aliphatic rings. The van der Waals surface area contributed by atoms with E-state index in [1.165, 1.54) is 11.3 Å². The van der Waals surface area contributed by atoms with Crippen LogP contribution in [0.5, 0.6) is 0 Å². The van der Waals surface area contributed by atoms with Crippen molar-refractivity contribution in [1.29, 1.82) is 0 Å². The molecular weight excluding hydrogens is 345 g/mol. The van der Waals surface area contributed by atoms with Crippen molar-refractivity contribution < 1.29 is 9.59 Å². The molecule has 0 aliphatic heterocycles. The van der Waals surface area contributed by atoms with Gasteiger partial charge in [0.15, 0.2) is 0 Å². The number of anilines is 1. The fourth-order valence-electron chi connectivity index (χ4n) is 1.50. The molecule has 0 saturated carbocycles. The minimum Gasteiger partial charge on any atom is -0.316 e. The van der Waals surface area contributed by atoms with E-state index >= 15 is 0 Å². The van der Waals surface area contributed by atoms with E-state index in [2.05, 4.69) is 15.8 Å². The van der Waals surface area contributed by atoms with Crippen LogP contribution < -0.4 is 10.7 Å². The number of hydrogen-bond donors (Lipinski definition) is 2. The molecule has 0 radical (unpaired) electrons. The molecule has 2 aromatic rings. The second kappa shape index (κ2) is 7.40. The van der Waals surface area contributed by atoms with Crippen LogP contribution in [0.1, 0.15) is 11.8 Å². The third-order valence-electron chi connectivity index (χ3n) is 2.61. The topological polar surface area (TPSA) is 70.6 Å². The van der Waals surface area contributed by atoms with Gasteiger partial charge in [0.1, 0.15) is 0 Å². The molecule has 0 aliphatic carbocycles. The summed E-state index contributed by atoms with van der Waals surface area (Å²) < 4.78 is 0. The van der Waals surface area contributed by atoms with Gasteiger partial charge in [-0.2, -0.15) is 5.10 Å². The number of nitrogens with one attached hydrogen (secondary N) is 2. The van der Waals surface area contributed by atoms with Crippen LogP contribution in [-0.4, -0.2) is 17.5 Å². The fourth-order valence-corrected chi connectivity index (χ4v) is 2.53. The summed E-state index contributed by atoms with van der Waals surface area (Å²) in [7, 11) is 0. The molecule has 0 atom stereocenters. The Balaban J connectivity index is 1.99. The largest absolute Gasteiger partial charge is 0.329 e. The zero-order chi connectivity index (χ0) is 16.1. The Morgan fingerprint density at radius 2 is 1.91 bits per heavy atom. The van der Waals surface area contributed by atoms with Gasteiger partial charge in [-0.15, -0.1) is 11.3 Å². The van der Waals surface area contributed by atoms with Crippen LogP contribution in [0.2, 0.25) is 10.0 Å². The number of carbonyl (C=O) groups excluding carboxylic acids is 2. The number of amides is 2. The summed E-state index contributed by atoms with van der Waals surface area (Å²) in [5, 5.41) is 8.60. The Labute approximate surface area is 140 Å². The molecule has 1 aromatic heterocycles. The molecule has 2 N–H and O–H groups in total. The van der Waals surface area contributed by atoms with E-state index in [9.17, 15) is 9.59 Å². The Morgan fingerprint density at radius 3 is 2.59 bits per heavy atom. The Bertz CT molecular complexity index is 730. The summed E-state index contributed by atoms with van der Waals surface area (Å²) in [6, 6.07) is 8.46. The Morgan fingerprint density at radius 1 is 1.14 bits per heavy atom. The zero-order valence-corrected chi connectivity index (χ0v) is 13.7. The van der Waals surface area contributed by atoms with E-state index in [4.69, 9.17) is 23.2 Å². The first-order valence-corrected chi connectivity index (χ1v) is 7.76. The van der Waals surface area contributed by atoms with Crippen LogP contribution in [0.25, 0.3) is 0 Å². The molecule has 0 unspecified atom stereocenters.